The molecule has 0 saturated carbocycles. The molecule has 170 valence electrons. The molecule has 7 heteroatoms. The molecular formula is C21H46NO5P. The van der Waals surface area contributed by atoms with Gasteiger partial charge in [0.1, 0.15) is 6.04 Å². The number of nitrogens with zero attached hydrogens (tertiary/aromatic N) is 1. The summed E-state index contributed by atoms with van der Waals surface area (Å²) in [6.45, 7) is 4.74. The molecular weight excluding hydrogens is 377 g/mol. The summed E-state index contributed by atoms with van der Waals surface area (Å²) in [4.78, 5) is 35.2. The van der Waals surface area contributed by atoms with E-state index in [0.29, 0.717) is 6.61 Å². The summed E-state index contributed by atoms with van der Waals surface area (Å²) in [6, 6.07) is -0.142. The van der Waals surface area contributed by atoms with Gasteiger partial charge in [-0.25, -0.2) is 0 Å². The fraction of sp³-hybridized carbons (Fsp3) is 0.952. The number of esters is 1. The second-order valence-electron chi connectivity index (χ2n) is 7.67. The first-order valence-electron chi connectivity index (χ1n) is 11.0. The second kappa shape index (κ2) is 23.0. The zero-order valence-corrected chi connectivity index (χ0v) is 19.6. The van der Waals surface area contributed by atoms with Gasteiger partial charge in [0.2, 0.25) is 0 Å². The fourth-order valence-corrected chi connectivity index (χ4v) is 2.80. The first kappa shape index (κ1) is 29.9. The van der Waals surface area contributed by atoms with Crippen LogP contribution in [-0.2, 0) is 9.53 Å². The summed E-state index contributed by atoms with van der Waals surface area (Å²) in [6.07, 6.45) is 18.9. The Bertz CT molecular complexity index is 327. The largest absolute Gasteiger partial charge is 0.465 e. The van der Waals surface area contributed by atoms with E-state index in [9.17, 15) is 4.79 Å². The SMILES string of the molecule is CCCCCCCCCCCCCCCCOC(=O)C(C)N(C)C.OP(O)O. The Morgan fingerprint density at radius 1 is 0.786 bits per heavy atom. The van der Waals surface area contributed by atoms with Crippen LogP contribution >= 0.6 is 8.60 Å². The Morgan fingerprint density at radius 2 is 1.11 bits per heavy atom. The van der Waals surface area contributed by atoms with E-state index in [-0.39, 0.29) is 12.0 Å². The third-order valence-corrected chi connectivity index (χ3v) is 4.86. The number of likely N-dealkylation sites (N-methyl/N-ethyl adjacent to an activating group) is 1. The zero-order chi connectivity index (χ0) is 21.6. The highest BCUT2D eigenvalue weighted by molar-refractivity contribution is 7.38. The van der Waals surface area contributed by atoms with Crippen LogP contribution in [0, 0.1) is 0 Å². The van der Waals surface area contributed by atoms with Crippen LogP contribution in [0.15, 0.2) is 0 Å². The normalized spacial score (nSPS) is 12.0. The van der Waals surface area contributed by atoms with Gasteiger partial charge in [0, 0.05) is 0 Å². The lowest BCUT2D eigenvalue weighted by molar-refractivity contribution is -0.148. The van der Waals surface area contributed by atoms with Gasteiger partial charge in [-0.15, -0.1) is 0 Å². The van der Waals surface area contributed by atoms with Crippen molar-refractivity contribution in [1.29, 1.82) is 0 Å². The molecule has 0 radical (unpaired) electrons. The zero-order valence-electron chi connectivity index (χ0n) is 18.7. The molecule has 1 atom stereocenters. The lowest BCUT2D eigenvalue weighted by atomic mass is 10.0. The molecule has 0 aromatic carbocycles. The molecule has 0 saturated heterocycles. The van der Waals surface area contributed by atoms with Gasteiger partial charge in [-0.05, 0) is 27.4 Å². The molecule has 3 N–H and O–H groups in total. The van der Waals surface area contributed by atoms with E-state index in [0.717, 1.165) is 6.42 Å². The van der Waals surface area contributed by atoms with E-state index in [1.54, 1.807) is 0 Å². The van der Waals surface area contributed by atoms with Crippen molar-refractivity contribution in [3.05, 3.63) is 0 Å². The van der Waals surface area contributed by atoms with Gasteiger partial charge in [-0.1, -0.05) is 90.4 Å². The summed E-state index contributed by atoms with van der Waals surface area (Å²) >= 11 is 0. The maximum atomic E-state index is 11.7. The van der Waals surface area contributed by atoms with Crippen molar-refractivity contribution in [3.8, 4) is 0 Å². The van der Waals surface area contributed by atoms with Crippen molar-refractivity contribution in [2.45, 2.75) is 110 Å². The molecule has 0 aromatic heterocycles. The van der Waals surface area contributed by atoms with Crippen LogP contribution in [0.5, 0.6) is 0 Å². The first-order valence-corrected chi connectivity index (χ1v) is 12.2. The number of rotatable bonds is 17. The van der Waals surface area contributed by atoms with Gasteiger partial charge in [-0.3, -0.25) is 9.69 Å². The highest BCUT2D eigenvalue weighted by Gasteiger charge is 2.15. The van der Waals surface area contributed by atoms with E-state index in [1.807, 2.05) is 25.9 Å². The monoisotopic (exact) mass is 423 g/mol. The summed E-state index contributed by atoms with van der Waals surface area (Å²) in [5.41, 5.74) is 0. The van der Waals surface area contributed by atoms with Crippen LogP contribution in [-0.4, -0.2) is 52.3 Å². The van der Waals surface area contributed by atoms with Crippen molar-refractivity contribution >= 4 is 14.6 Å². The van der Waals surface area contributed by atoms with Crippen molar-refractivity contribution < 1.29 is 24.2 Å². The van der Waals surface area contributed by atoms with E-state index in [1.165, 1.54) is 83.5 Å². The van der Waals surface area contributed by atoms with Gasteiger partial charge in [0.25, 0.3) is 0 Å². The average molecular weight is 424 g/mol. The number of unbranched alkanes of at least 4 members (excludes halogenated alkanes) is 13. The minimum atomic E-state index is -2.62. The predicted molar refractivity (Wildman–Crippen MR) is 118 cm³/mol. The van der Waals surface area contributed by atoms with Gasteiger partial charge < -0.3 is 19.4 Å². The maximum Gasteiger partial charge on any atom is 0.324 e. The van der Waals surface area contributed by atoms with Crippen LogP contribution in [0.2, 0.25) is 0 Å². The molecule has 0 bridgehead atoms. The number of carbonyl (C=O) groups is 1. The lowest BCUT2D eigenvalue weighted by Crippen LogP contribution is -2.34. The van der Waals surface area contributed by atoms with Gasteiger partial charge in [-0.2, -0.15) is 0 Å². The van der Waals surface area contributed by atoms with Crippen LogP contribution in [0.3, 0.4) is 0 Å². The van der Waals surface area contributed by atoms with Gasteiger partial charge >= 0.3 is 14.6 Å². The molecule has 0 aliphatic carbocycles. The molecule has 6 nitrogen and oxygen atoms in total. The summed E-state index contributed by atoms with van der Waals surface area (Å²) in [7, 11) is 1.18. The number of hydrogen-bond acceptors (Lipinski definition) is 6. The number of hydrogen-bond donors (Lipinski definition) is 3. The predicted octanol–water partition coefficient (Wildman–Crippen LogP) is 5.15. The van der Waals surface area contributed by atoms with Crippen molar-refractivity contribution in [2.75, 3.05) is 20.7 Å². The van der Waals surface area contributed by atoms with Crippen LogP contribution in [0.4, 0.5) is 0 Å². The molecule has 0 amide bonds. The van der Waals surface area contributed by atoms with Crippen molar-refractivity contribution in [3.63, 3.8) is 0 Å². The quantitative estimate of drug-likeness (QED) is 0.170. The topological polar surface area (TPSA) is 90.2 Å². The molecule has 0 rings (SSSR count). The molecule has 0 aliphatic heterocycles. The highest BCUT2D eigenvalue weighted by atomic mass is 31.2. The standard InChI is InChI=1S/C21H43NO2.H3O3P/c1-5-6-7-8-9-10-11-12-13-14-15-16-17-18-19-24-21(23)20(2)22(3)4;1-4(2)3/h20H,5-19H2,1-4H3;1-3H. The molecule has 0 spiro atoms. The van der Waals surface area contributed by atoms with Gasteiger partial charge in [0.05, 0.1) is 6.61 Å². The summed E-state index contributed by atoms with van der Waals surface area (Å²) < 4.78 is 5.29. The summed E-state index contributed by atoms with van der Waals surface area (Å²) in [5, 5.41) is 0. The van der Waals surface area contributed by atoms with Gasteiger partial charge in [0.15, 0.2) is 0 Å². The van der Waals surface area contributed by atoms with E-state index in [4.69, 9.17) is 19.4 Å². The Labute approximate surface area is 174 Å². The van der Waals surface area contributed by atoms with Crippen LogP contribution < -0.4 is 0 Å². The third kappa shape index (κ3) is 25.7. The molecule has 0 aliphatic rings. The molecule has 1 unspecified atom stereocenters. The smallest absolute Gasteiger partial charge is 0.324 e. The van der Waals surface area contributed by atoms with Crippen LogP contribution in [0.1, 0.15) is 104 Å². The van der Waals surface area contributed by atoms with E-state index in [2.05, 4.69) is 6.92 Å². The second-order valence-corrected chi connectivity index (χ2v) is 8.21. The minimum Gasteiger partial charge on any atom is -0.465 e. The van der Waals surface area contributed by atoms with Crippen molar-refractivity contribution in [1.82, 2.24) is 4.90 Å². The molecule has 0 aromatic rings. The maximum absolute atomic E-state index is 11.7. The average Bonchev–Trinajstić information content (AvgIpc) is 2.63. The first-order chi connectivity index (χ1) is 13.3. The highest BCUT2D eigenvalue weighted by Crippen LogP contribution is 2.13. The van der Waals surface area contributed by atoms with Crippen molar-refractivity contribution in [2.24, 2.45) is 0 Å². The minimum absolute atomic E-state index is 0.102. The molecule has 0 fully saturated rings. The Balaban J connectivity index is 0. The Kier molecular flexibility index (Phi) is 24.6. The fourth-order valence-electron chi connectivity index (χ4n) is 2.80. The Morgan fingerprint density at radius 3 is 1.43 bits per heavy atom. The Hall–Kier alpha value is -0.260. The number of carbonyl (C=O) groups excluding carboxylic acids is 1. The third-order valence-electron chi connectivity index (χ3n) is 4.86. The number of ether oxygens (including phenoxy) is 1. The lowest BCUT2D eigenvalue weighted by Gasteiger charge is -2.17. The van der Waals surface area contributed by atoms with E-state index < -0.39 is 8.60 Å². The van der Waals surface area contributed by atoms with Crippen LogP contribution in [0.25, 0.3) is 0 Å². The molecule has 0 heterocycles. The molecule has 28 heavy (non-hydrogen) atoms. The summed E-state index contributed by atoms with van der Waals surface area (Å²) in [5.74, 6) is -0.102. The van der Waals surface area contributed by atoms with E-state index >= 15 is 0 Å².